The number of hydrogen-bond donors (Lipinski definition) is 1. The molecular formula is C22H21NO4. The average molecular weight is 363 g/mol. The van der Waals surface area contributed by atoms with Gasteiger partial charge in [0.2, 0.25) is 0 Å². The van der Waals surface area contributed by atoms with Crippen molar-refractivity contribution in [1.29, 1.82) is 0 Å². The summed E-state index contributed by atoms with van der Waals surface area (Å²) in [7, 11) is 1.60. The van der Waals surface area contributed by atoms with Crippen LogP contribution >= 0.6 is 0 Å². The molecule has 0 aliphatic rings. The van der Waals surface area contributed by atoms with Crippen LogP contribution in [-0.4, -0.2) is 26.2 Å². The number of methoxy groups -OCH3 is 1. The largest absolute Gasteiger partial charge is 0.490 e. The van der Waals surface area contributed by atoms with Gasteiger partial charge < -0.3 is 19.5 Å². The lowest BCUT2D eigenvalue weighted by atomic mass is 10.1. The van der Waals surface area contributed by atoms with E-state index in [1.54, 1.807) is 31.4 Å². The van der Waals surface area contributed by atoms with Crippen molar-refractivity contribution in [3.05, 3.63) is 84.4 Å². The SMILES string of the molecule is COCCOc1ccccc1C(=O)Nc1ccccc1Oc1ccccc1. The Hall–Kier alpha value is -3.31. The molecule has 1 amide bonds. The van der Waals surface area contributed by atoms with Crippen LogP contribution in [0.25, 0.3) is 0 Å². The van der Waals surface area contributed by atoms with Crippen LogP contribution in [0.4, 0.5) is 5.69 Å². The van der Waals surface area contributed by atoms with Crippen molar-refractivity contribution in [2.75, 3.05) is 25.6 Å². The molecule has 0 atom stereocenters. The van der Waals surface area contributed by atoms with Crippen molar-refractivity contribution in [2.24, 2.45) is 0 Å². The van der Waals surface area contributed by atoms with E-state index >= 15 is 0 Å². The molecule has 27 heavy (non-hydrogen) atoms. The predicted octanol–water partition coefficient (Wildman–Crippen LogP) is 4.76. The first-order valence-corrected chi connectivity index (χ1v) is 8.62. The van der Waals surface area contributed by atoms with Gasteiger partial charge in [0, 0.05) is 7.11 Å². The van der Waals surface area contributed by atoms with E-state index in [2.05, 4.69) is 5.32 Å². The minimum absolute atomic E-state index is 0.271. The number of carbonyl (C=O) groups excluding carboxylic acids is 1. The third-order valence-electron chi connectivity index (χ3n) is 3.78. The quantitative estimate of drug-likeness (QED) is 0.587. The highest BCUT2D eigenvalue weighted by molar-refractivity contribution is 6.06. The first-order chi connectivity index (χ1) is 13.3. The molecule has 0 heterocycles. The summed E-state index contributed by atoms with van der Waals surface area (Å²) in [6.45, 7) is 0.818. The monoisotopic (exact) mass is 363 g/mol. The van der Waals surface area contributed by atoms with Gasteiger partial charge in [-0.3, -0.25) is 4.79 Å². The standard InChI is InChI=1S/C22H21NO4/c1-25-15-16-26-20-13-7-5-11-18(20)22(24)23-19-12-6-8-14-21(19)27-17-9-3-2-4-10-17/h2-14H,15-16H2,1H3,(H,23,24). The maximum absolute atomic E-state index is 12.8. The van der Waals surface area contributed by atoms with Crippen LogP contribution in [-0.2, 0) is 4.74 Å². The van der Waals surface area contributed by atoms with E-state index in [0.29, 0.717) is 41.7 Å². The number of carbonyl (C=O) groups is 1. The summed E-state index contributed by atoms with van der Waals surface area (Å²) in [6.07, 6.45) is 0. The molecule has 0 aliphatic heterocycles. The van der Waals surface area contributed by atoms with Crippen LogP contribution < -0.4 is 14.8 Å². The molecule has 0 aromatic heterocycles. The Morgan fingerprint density at radius 1 is 0.815 bits per heavy atom. The number of hydrogen-bond acceptors (Lipinski definition) is 4. The van der Waals surface area contributed by atoms with Crippen LogP contribution in [0.3, 0.4) is 0 Å². The second kappa shape index (κ2) is 9.40. The highest BCUT2D eigenvalue weighted by atomic mass is 16.5. The molecule has 5 nitrogen and oxygen atoms in total. The number of rotatable bonds is 8. The minimum Gasteiger partial charge on any atom is -0.490 e. The predicted molar refractivity (Wildman–Crippen MR) is 105 cm³/mol. The Bertz CT molecular complexity index is 880. The van der Waals surface area contributed by atoms with Gasteiger partial charge in [0.1, 0.15) is 18.1 Å². The summed E-state index contributed by atoms with van der Waals surface area (Å²) in [5, 5.41) is 2.90. The molecule has 0 unspecified atom stereocenters. The van der Waals surface area contributed by atoms with E-state index in [9.17, 15) is 4.79 Å². The van der Waals surface area contributed by atoms with Crippen LogP contribution in [0, 0.1) is 0 Å². The number of anilines is 1. The highest BCUT2D eigenvalue weighted by Gasteiger charge is 2.14. The first-order valence-electron chi connectivity index (χ1n) is 8.62. The molecule has 0 fully saturated rings. The van der Waals surface area contributed by atoms with Gasteiger partial charge in [0.15, 0.2) is 5.75 Å². The van der Waals surface area contributed by atoms with Crippen LogP contribution in [0.1, 0.15) is 10.4 Å². The van der Waals surface area contributed by atoms with Gasteiger partial charge in [-0.2, -0.15) is 0 Å². The number of nitrogens with one attached hydrogen (secondary N) is 1. The Balaban J connectivity index is 1.77. The summed E-state index contributed by atoms with van der Waals surface area (Å²) >= 11 is 0. The summed E-state index contributed by atoms with van der Waals surface area (Å²) < 4.78 is 16.5. The lowest BCUT2D eigenvalue weighted by Crippen LogP contribution is -2.15. The fourth-order valence-electron chi connectivity index (χ4n) is 2.48. The van der Waals surface area contributed by atoms with Crippen molar-refractivity contribution >= 4 is 11.6 Å². The second-order valence-corrected chi connectivity index (χ2v) is 5.70. The van der Waals surface area contributed by atoms with Gasteiger partial charge in [-0.1, -0.05) is 42.5 Å². The molecule has 3 aromatic carbocycles. The summed E-state index contributed by atoms with van der Waals surface area (Å²) in [5.41, 5.74) is 1.03. The first kappa shape index (κ1) is 18.5. The third-order valence-corrected chi connectivity index (χ3v) is 3.78. The van der Waals surface area contributed by atoms with Gasteiger partial charge in [0.05, 0.1) is 17.9 Å². The molecule has 0 bridgehead atoms. The zero-order valence-corrected chi connectivity index (χ0v) is 15.1. The van der Waals surface area contributed by atoms with E-state index in [1.165, 1.54) is 0 Å². The zero-order valence-electron chi connectivity index (χ0n) is 15.1. The molecule has 3 rings (SSSR count). The van der Waals surface area contributed by atoms with Crippen LogP contribution in [0.2, 0.25) is 0 Å². The number of para-hydroxylation sites is 4. The molecule has 0 saturated carbocycles. The third kappa shape index (κ3) is 5.09. The van der Waals surface area contributed by atoms with Crippen molar-refractivity contribution in [1.82, 2.24) is 0 Å². The minimum atomic E-state index is -0.271. The molecule has 0 spiro atoms. The normalized spacial score (nSPS) is 10.3. The Morgan fingerprint density at radius 2 is 1.48 bits per heavy atom. The van der Waals surface area contributed by atoms with Crippen molar-refractivity contribution in [3.63, 3.8) is 0 Å². The van der Waals surface area contributed by atoms with E-state index in [0.717, 1.165) is 0 Å². The summed E-state index contributed by atoms with van der Waals surface area (Å²) in [5.74, 6) is 1.50. The zero-order chi connectivity index (χ0) is 18.9. The Morgan fingerprint density at radius 3 is 2.26 bits per heavy atom. The molecule has 0 radical (unpaired) electrons. The average Bonchev–Trinajstić information content (AvgIpc) is 2.71. The van der Waals surface area contributed by atoms with Gasteiger partial charge in [-0.05, 0) is 36.4 Å². The van der Waals surface area contributed by atoms with Gasteiger partial charge in [-0.15, -0.1) is 0 Å². The fraction of sp³-hybridized carbons (Fsp3) is 0.136. The van der Waals surface area contributed by atoms with Gasteiger partial charge in [0.25, 0.3) is 5.91 Å². The van der Waals surface area contributed by atoms with Crippen molar-refractivity contribution < 1.29 is 19.0 Å². The smallest absolute Gasteiger partial charge is 0.259 e. The summed E-state index contributed by atoms with van der Waals surface area (Å²) in [6, 6.07) is 23.8. The maximum atomic E-state index is 12.8. The highest BCUT2D eigenvalue weighted by Crippen LogP contribution is 2.30. The molecule has 0 saturated heterocycles. The van der Waals surface area contributed by atoms with Gasteiger partial charge >= 0.3 is 0 Å². The molecule has 3 aromatic rings. The number of amides is 1. The van der Waals surface area contributed by atoms with Gasteiger partial charge in [-0.25, -0.2) is 0 Å². The Labute approximate surface area is 158 Å². The number of ether oxygens (including phenoxy) is 3. The lowest BCUT2D eigenvalue weighted by Gasteiger charge is -2.14. The maximum Gasteiger partial charge on any atom is 0.259 e. The molecule has 5 heteroatoms. The van der Waals surface area contributed by atoms with E-state index in [1.807, 2.05) is 54.6 Å². The molecule has 0 aliphatic carbocycles. The van der Waals surface area contributed by atoms with Crippen molar-refractivity contribution in [3.8, 4) is 17.2 Å². The molecular weight excluding hydrogens is 342 g/mol. The lowest BCUT2D eigenvalue weighted by molar-refractivity contribution is 0.101. The van der Waals surface area contributed by atoms with E-state index in [-0.39, 0.29) is 5.91 Å². The van der Waals surface area contributed by atoms with E-state index in [4.69, 9.17) is 14.2 Å². The topological polar surface area (TPSA) is 56.8 Å². The molecule has 1 N–H and O–H groups in total. The number of benzene rings is 3. The van der Waals surface area contributed by atoms with Crippen LogP contribution in [0.5, 0.6) is 17.2 Å². The molecule has 138 valence electrons. The van der Waals surface area contributed by atoms with Crippen LogP contribution in [0.15, 0.2) is 78.9 Å². The fourth-order valence-corrected chi connectivity index (χ4v) is 2.48. The summed E-state index contributed by atoms with van der Waals surface area (Å²) in [4.78, 5) is 12.8. The Kier molecular flexibility index (Phi) is 6.44. The van der Waals surface area contributed by atoms with E-state index < -0.39 is 0 Å². The van der Waals surface area contributed by atoms with Crippen molar-refractivity contribution in [2.45, 2.75) is 0 Å². The second-order valence-electron chi connectivity index (χ2n) is 5.70.